The van der Waals surface area contributed by atoms with Gasteiger partial charge in [-0.05, 0) is 18.2 Å². The summed E-state index contributed by atoms with van der Waals surface area (Å²) in [7, 11) is 0. The minimum absolute atomic E-state index is 0.638. The van der Waals surface area contributed by atoms with Crippen LogP contribution in [0.25, 0.3) is 27.7 Å². The average molecular weight is 274 g/mol. The van der Waals surface area contributed by atoms with Crippen molar-refractivity contribution in [3.05, 3.63) is 66.6 Å². The van der Waals surface area contributed by atoms with Gasteiger partial charge in [0.1, 0.15) is 0 Å². The van der Waals surface area contributed by atoms with Crippen molar-refractivity contribution in [2.45, 2.75) is 0 Å². The minimum Gasteiger partial charge on any atom is -0.404 e. The van der Waals surface area contributed by atoms with E-state index in [-0.39, 0.29) is 0 Å². The molecule has 3 aromatic rings. The van der Waals surface area contributed by atoms with Crippen LogP contribution in [0, 0.1) is 5.41 Å². The third-order valence-corrected chi connectivity index (χ3v) is 3.33. The van der Waals surface area contributed by atoms with Crippen molar-refractivity contribution in [3.8, 4) is 11.3 Å². The summed E-state index contributed by atoms with van der Waals surface area (Å²) in [6, 6.07) is 13.7. The lowest BCUT2D eigenvalue weighted by molar-refractivity contribution is 1.31. The molecule has 2 aromatic heterocycles. The Bertz CT molecular complexity index is 837. The summed E-state index contributed by atoms with van der Waals surface area (Å²) in [5.41, 5.74) is 9.75. The highest BCUT2D eigenvalue weighted by Crippen LogP contribution is 2.27. The maximum Gasteiger partial charge on any atom is 0.0782 e. The van der Waals surface area contributed by atoms with Crippen LogP contribution in [-0.4, -0.2) is 16.2 Å². The van der Waals surface area contributed by atoms with Gasteiger partial charge in [0.25, 0.3) is 0 Å². The van der Waals surface area contributed by atoms with Crippen LogP contribution < -0.4 is 5.73 Å². The first-order chi connectivity index (χ1) is 10.3. The van der Waals surface area contributed by atoms with Crippen molar-refractivity contribution < 1.29 is 0 Å². The molecule has 0 spiro atoms. The largest absolute Gasteiger partial charge is 0.404 e. The molecule has 4 heteroatoms. The van der Waals surface area contributed by atoms with Crippen LogP contribution >= 0.6 is 0 Å². The molecule has 0 aliphatic rings. The van der Waals surface area contributed by atoms with Gasteiger partial charge >= 0.3 is 0 Å². The average Bonchev–Trinajstić information content (AvgIpc) is 2.56. The van der Waals surface area contributed by atoms with Crippen LogP contribution in [0.1, 0.15) is 5.56 Å². The summed E-state index contributed by atoms with van der Waals surface area (Å²) < 4.78 is 0. The standard InChI is InChI=1S/C17H14N4/c18-10-14(11-19)15-4-2-8-21-17(15)13-6-5-12-3-1-7-20-16(12)9-13/h1-11,18H,19H2/b14-11+,18-10?. The van der Waals surface area contributed by atoms with Crippen molar-refractivity contribution in [1.29, 1.82) is 5.41 Å². The third kappa shape index (κ3) is 2.39. The number of fused-ring (bicyclic) bond motifs is 1. The zero-order chi connectivity index (χ0) is 14.7. The van der Waals surface area contributed by atoms with Gasteiger partial charge in [-0.1, -0.05) is 24.3 Å². The normalized spacial score (nSPS) is 11.5. The van der Waals surface area contributed by atoms with Crippen LogP contribution in [0.4, 0.5) is 0 Å². The maximum atomic E-state index is 7.47. The van der Waals surface area contributed by atoms with Crippen LogP contribution in [0.2, 0.25) is 0 Å². The Hall–Kier alpha value is -3.01. The predicted octanol–water partition coefficient (Wildman–Crippen LogP) is 3.25. The van der Waals surface area contributed by atoms with Crippen LogP contribution in [-0.2, 0) is 0 Å². The molecule has 4 nitrogen and oxygen atoms in total. The Morgan fingerprint density at radius 2 is 1.86 bits per heavy atom. The van der Waals surface area contributed by atoms with Gasteiger partial charge in [-0.25, -0.2) is 0 Å². The smallest absolute Gasteiger partial charge is 0.0782 e. The second kappa shape index (κ2) is 5.54. The highest BCUT2D eigenvalue weighted by atomic mass is 14.7. The first-order valence-corrected chi connectivity index (χ1v) is 6.56. The summed E-state index contributed by atoms with van der Waals surface area (Å²) >= 11 is 0. The van der Waals surface area contributed by atoms with Crippen LogP contribution in [0.3, 0.4) is 0 Å². The molecule has 0 aliphatic carbocycles. The zero-order valence-corrected chi connectivity index (χ0v) is 11.3. The highest BCUT2D eigenvalue weighted by Gasteiger charge is 2.09. The van der Waals surface area contributed by atoms with Gasteiger partial charge in [0.05, 0.1) is 11.2 Å². The number of pyridine rings is 2. The number of nitrogens with zero attached hydrogens (tertiary/aromatic N) is 2. The minimum atomic E-state index is 0.638. The molecule has 0 unspecified atom stereocenters. The topological polar surface area (TPSA) is 75.7 Å². The first-order valence-electron chi connectivity index (χ1n) is 6.56. The molecular formula is C17H14N4. The molecule has 2 heterocycles. The number of allylic oxidation sites excluding steroid dienone is 1. The van der Waals surface area contributed by atoms with Crippen molar-refractivity contribution in [3.63, 3.8) is 0 Å². The zero-order valence-electron chi connectivity index (χ0n) is 11.3. The van der Waals surface area contributed by atoms with E-state index in [1.807, 2.05) is 42.5 Å². The number of hydrogen-bond acceptors (Lipinski definition) is 4. The van der Waals surface area contributed by atoms with Crippen molar-refractivity contribution in [1.82, 2.24) is 9.97 Å². The Labute approximate surface area is 122 Å². The van der Waals surface area contributed by atoms with Gasteiger partial charge in [-0.2, -0.15) is 0 Å². The van der Waals surface area contributed by atoms with Gasteiger partial charge in [0, 0.05) is 46.9 Å². The van der Waals surface area contributed by atoms with E-state index in [9.17, 15) is 0 Å². The number of aromatic nitrogens is 2. The molecule has 0 atom stereocenters. The SMILES string of the molecule is N=C/C(=C\N)c1cccnc1-c1ccc2cccnc2c1. The summed E-state index contributed by atoms with van der Waals surface area (Å²) in [4.78, 5) is 8.82. The number of nitrogens with one attached hydrogen (secondary N) is 1. The first kappa shape index (κ1) is 13.0. The summed E-state index contributed by atoms with van der Waals surface area (Å²) in [6.45, 7) is 0. The monoisotopic (exact) mass is 274 g/mol. The Morgan fingerprint density at radius 1 is 1.05 bits per heavy atom. The number of benzene rings is 1. The molecule has 1 aromatic carbocycles. The lowest BCUT2D eigenvalue weighted by Gasteiger charge is -2.09. The molecule has 102 valence electrons. The second-order valence-electron chi connectivity index (χ2n) is 4.58. The fourth-order valence-electron chi connectivity index (χ4n) is 2.30. The third-order valence-electron chi connectivity index (χ3n) is 3.33. The molecule has 3 rings (SSSR count). The van der Waals surface area contributed by atoms with E-state index >= 15 is 0 Å². The van der Waals surface area contributed by atoms with Gasteiger partial charge in [-0.3, -0.25) is 9.97 Å². The van der Waals surface area contributed by atoms with Crippen molar-refractivity contribution in [2.75, 3.05) is 0 Å². The van der Waals surface area contributed by atoms with Crippen LogP contribution in [0.15, 0.2) is 61.1 Å². The maximum absolute atomic E-state index is 7.47. The Balaban J connectivity index is 2.21. The van der Waals surface area contributed by atoms with Crippen LogP contribution in [0.5, 0.6) is 0 Å². The number of hydrogen-bond donors (Lipinski definition) is 2. The van der Waals surface area contributed by atoms with E-state index in [0.717, 1.165) is 27.7 Å². The lowest BCUT2D eigenvalue weighted by Crippen LogP contribution is -1.96. The highest BCUT2D eigenvalue weighted by molar-refractivity contribution is 6.10. The van der Waals surface area contributed by atoms with Gasteiger partial charge in [0.15, 0.2) is 0 Å². The van der Waals surface area contributed by atoms with Crippen molar-refractivity contribution in [2.24, 2.45) is 5.73 Å². The molecule has 0 aliphatic heterocycles. The van der Waals surface area contributed by atoms with Gasteiger partial charge in [-0.15, -0.1) is 0 Å². The molecule has 3 N–H and O–H groups in total. The lowest BCUT2D eigenvalue weighted by atomic mass is 9.99. The fraction of sp³-hybridized carbons (Fsp3) is 0. The van der Waals surface area contributed by atoms with E-state index in [4.69, 9.17) is 11.1 Å². The van der Waals surface area contributed by atoms with E-state index in [0.29, 0.717) is 5.57 Å². The molecule has 21 heavy (non-hydrogen) atoms. The van der Waals surface area contributed by atoms with E-state index in [1.54, 1.807) is 12.4 Å². The molecule has 0 fully saturated rings. The Kier molecular flexibility index (Phi) is 3.43. The molecular weight excluding hydrogens is 260 g/mol. The van der Waals surface area contributed by atoms with Crippen molar-refractivity contribution >= 4 is 22.7 Å². The van der Waals surface area contributed by atoms with Gasteiger partial charge in [0.2, 0.25) is 0 Å². The summed E-state index contributed by atoms with van der Waals surface area (Å²) in [5, 5.41) is 8.56. The molecule has 0 radical (unpaired) electrons. The molecule has 0 saturated carbocycles. The Morgan fingerprint density at radius 3 is 2.67 bits per heavy atom. The van der Waals surface area contributed by atoms with E-state index in [1.165, 1.54) is 12.4 Å². The molecule has 0 saturated heterocycles. The quantitative estimate of drug-likeness (QED) is 0.720. The van der Waals surface area contributed by atoms with E-state index < -0.39 is 0 Å². The fourth-order valence-corrected chi connectivity index (χ4v) is 2.30. The number of rotatable bonds is 3. The summed E-state index contributed by atoms with van der Waals surface area (Å²) in [6.07, 6.45) is 6.17. The predicted molar refractivity (Wildman–Crippen MR) is 85.9 cm³/mol. The van der Waals surface area contributed by atoms with E-state index in [2.05, 4.69) is 9.97 Å². The second-order valence-corrected chi connectivity index (χ2v) is 4.58. The molecule has 0 bridgehead atoms. The molecule has 0 amide bonds. The summed E-state index contributed by atoms with van der Waals surface area (Å²) in [5.74, 6) is 0. The number of nitrogens with two attached hydrogens (primary N) is 1. The van der Waals surface area contributed by atoms with Gasteiger partial charge < -0.3 is 11.1 Å².